The smallest absolute Gasteiger partial charge is 0.261 e. The summed E-state index contributed by atoms with van der Waals surface area (Å²) >= 11 is 11.9. The third-order valence-electron chi connectivity index (χ3n) is 2.99. The molecule has 3 rings (SSSR count). The van der Waals surface area contributed by atoms with Crippen molar-refractivity contribution in [2.24, 2.45) is 7.05 Å². The number of rotatable bonds is 1. The van der Waals surface area contributed by atoms with Crippen LogP contribution in [0.3, 0.4) is 0 Å². The van der Waals surface area contributed by atoms with Crippen LogP contribution in [0, 0.1) is 0 Å². The molecule has 0 radical (unpaired) electrons. The Kier molecular flexibility index (Phi) is 3.20. The topological polar surface area (TPSA) is 47.8 Å². The lowest BCUT2D eigenvalue weighted by Gasteiger charge is -2.07. The van der Waals surface area contributed by atoms with Gasteiger partial charge >= 0.3 is 0 Å². The molecule has 0 N–H and O–H groups in total. The van der Waals surface area contributed by atoms with Gasteiger partial charge in [-0.25, -0.2) is 9.97 Å². The SMILES string of the molecule is Cn1cnc2c(-c3ccc(Cl)cc3)nc(Cl)cc2c1=O. The highest BCUT2D eigenvalue weighted by Gasteiger charge is 2.12. The van der Waals surface area contributed by atoms with Crippen LogP contribution in [0.15, 0.2) is 41.5 Å². The molecule has 0 saturated heterocycles. The standard InChI is InChI=1S/C14H9Cl2N3O/c1-19-7-17-13-10(14(19)20)6-11(16)18-12(13)8-2-4-9(15)5-3-8/h2-7H,1H3. The van der Waals surface area contributed by atoms with Crippen molar-refractivity contribution >= 4 is 34.1 Å². The van der Waals surface area contributed by atoms with Crippen molar-refractivity contribution in [3.63, 3.8) is 0 Å². The minimum absolute atomic E-state index is 0.158. The van der Waals surface area contributed by atoms with Gasteiger partial charge in [0.1, 0.15) is 10.7 Å². The molecular formula is C14H9Cl2N3O. The second kappa shape index (κ2) is 4.89. The van der Waals surface area contributed by atoms with E-state index in [-0.39, 0.29) is 10.7 Å². The number of benzene rings is 1. The van der Waals surface area contributed by atoms with Crippen LogP contribution in [-0.2, 0) is 7.05 Å². The van der Waals surface area contributed by atoms with Crippen molar-refractivity contribution in [1.82, 2.24) is 14.5 Å². The van der Waals surface area contributed by atoms with Gasteiger partial charge in [0, 0.05) is 17.6 Å². The zero-order valence-electron chi connectivity index (χ0n) is 10.5. The lowest BCUT2D eigenvalue weighted by Crippen LogP contribution is -2.17. The molecule has 2 heterocycles. The number of halogens is 2. The van der Waals surface area contributed by atoms with E-state index < -0.39 is 0 Å². The zero-order valence-corrected chi connectivity index (χ0v) is 12.0. The molecule has 0 atom stereocenters. The maximum Gasteiger partial charge on any atom is 0.261 e. The van der Waals surface area contributed by atoms with Crippen LogP contribution in [0.5, 0.6) is 0 Å². The summed E-state index contributed by atoms with van der Waals surface area (Å²) in [5.41, 5.74) is 1.75. The lowest BCUT2D eigenvalue weighted by molar-refractivity contribution is 0.842. The predicted octanol–water partition coefficient (Wildman–Crippen LogP) is 3.30. The summed E-state index contributed by atoms with van der Waals surface area (Å²) in [4.78, 5) is 20.7. The fraction of sp³-hybridized carbons (Fsp3) is 0.0714. The molecule has 0 bridgehead atoms. The largest absolute Gasteiger partial charge is 0.302 e. The van der Waals surface area contributed by atoms with Gasteiger partial charge in [0.25, 0.3) is 5.56 Å². The Balaban J connectivity index is 2.38. The van der Waals surface area contributed by atoms with Gasteiger partial charge in [0.05, 0.1) is 17.4 Å². The second-order valence-corrected chi connectivity index (χ2v) is 5.18. The van der Waals surface area contributed by atoms with Crippen molar-refractivity contribution < 1.29 is 0 Å². The number of fused-ring (bicyclic) bond motifs is 1. The number of nitrogens with zero attached hydrogens (tertiary/aromatic N) is 3. The highest BCUT2D eigenvalue weighted by atomic mass is 35.5. The molecule has 0 unspecified atom stereocenters. The first-order chi connectivity index (χ1) is 9.56. The van der Waals surface area contributed by atoms with E-state index in [1.165, 1.54) is 17.0 Å². The zero-order chi connectivity index (χ0) is 14.3. The molecule has 0 aliphatic rings. The van der Waals surface area contributed by atoms with Gasteiger partial charge in [-0.2, -0.15) is 0 Å². The molecule has 0 aliphatic carbocycles. The Hall–Kier alpha value is -1.91. The molecule has 0 aliphatic heterocycles. The van der Waals surface area contributed by atoms with Crippen LogP contribution in [0.4, 0.5) is 0 Å². The van der Waals surface area contributed by atoms with E-state index in [2.05, 4.69) is 9.97 Å². The Morgan fingerprint density at radius 1 is 1.15 bits per heavy atom. The molecule has 0 amide bonds. The summed E-state index contributed by atoms with van der Waals surface area (Å²) in [5, 5.41) is 1.33. The summed E-state index contributed by atoms with van der Waals surface area (Å²) in [6.07, 6.45) is 1.47. The Morgan fingerprint density at radius 2 is 1.85 bits per heavy atom. The maximum absolute atomic E-state index is 12.1. The molecule has 4 nitrogen and oxygen atoms in total. The molecule has 3 aromatic rings. The average Bonchev–Trinajstić information content (AvgIpc) is 2.43. The van der Waals surface area contributed by atoms with Crippen LogP contribution < -0.4 is 5.56 Å². The van der Waals surface area contributed by atoms with Crippen LogP contribution in [0.1, 0.15) is 0 Å². The maximum atomic E-state index is 12.1. The monoisotopic (exact) mass is 305 g/mol. The molecular weight excluding hydrogens is 297 g/mol. The normalized spacial score (nSPS) is 10.9. The predicted molar refractivity (Wildman–Crippen MR) is 80.2 cm³/mol. The fourth-order valence-corrected chi connectivity index (χ4v) is 2.32. The molecule has 0 saturated carbocycles. The Bertz CT molecular complexity index is 857. The fourth-order valence-electron chi connectivity index (χ4n) is 2.00. The number of hydrogen-bond donors (Lipinski definition) is 0. The van der Waals surface area contributed by atoms with Crippen molar-refractivity contribution in [1.29, 1.82) is 0 Å². The molecule has 0 fully saturated rings. The van der Waals surface area contributed by atoms with Gasteiger partial charge in [-0.1, -0.05) is 35.3 Å². The molecule has 1 aromatic carbocycles. The number of aryl methyl sites for hydroxylation is 1. The van der Waals surface area contributed by atoms with Crippen molar-refractivity contribution in [3.05, 3.63) is 57.2 Å². The highest BCUT2D eigenvalue weighted by molar-refractivity contribution is 6.31. The molecule has 0 spiro atoms. The van der Waals surface area contributed by atoms with Crippen molar-refractivity contribution in [3.8, 4) is 11.3 Å². The molecule has 100 valence electrons. The van der Waals surface area contributed by atoms with E-state index in [0.29, 0.717) is 21.6 Å². The lowest BCUT2D eigenvalue weighted by atomic mass is 10.1. The molecule has 6 heteroatoms. The van der Waals surface area contributed by atoms with Crippen LogP contribution >= 0.6 is 23.2 Å². The van der Waals surface area contributed by atoms with Gasteiger partial charge in [-0.15, -0.1) is 0 Å². The molecule has 20 heavy (non-hydrogen) atoms. The van der Waals surface area contributed by atoms with E-state index in [4.69, 9.17) is 23.2 Å². The van der Waals surface area contributed by atoms with Gasteiger partial charge in [-0.3, -0.25) is 4.79 Å². The van der Waals surface area contributed by atoms with Gasteiger partial charge in [-0.05, 0) is 18.2 Å². The van der Waals surface area contributed by atoms with E-state index in [1.54, 1.807) is 19.2 Å². The Labute approximate surface area is 124 Å². The van der Waals surface area contributed by atoms with E-state index in [1.807, 2.05) is 12.1 Å². The first-order valence-electron chi connectivity index (χ1n) is 5.84. The first-order valence-corrected chi connectivity index (χ1v) is 6.59. The van der Waals surface area contributed by atoms with Crippen molar-refractivity contribution in [2.75, 3.05) is 0 Å². The van der Waals surface area contributed by atoms with Gasteiger partial charge < -0.3 is 4.57 Å². The Morgan fingerprint density at radius 3 is 2.55 bits per heavy atom. The molecule has 2 aromatic heterocycles. The van der Waals surface area contributed by atoms with Gasteiger partial charge in [0.2, 0.25) is 0 Å². The quantitative estimate of drug-likeness (QED) is 0.648. The first kappa shape index (κ1) is 13.1. The summed E-state index contributed by atoms with van der Waals surface area (Å²) in [6, 6.07) is 8.68. The summed E-state index contributed by atoms with van der Waals surface area (Å²) < 4.78 is 1.41. The minimum atomic E-state index is -0.158. The number of pyridine rings is 1. The average molecular weight is 306 g/mol. The minimum Gasteiger partial charge on any atom is -0.302 e. The second-order valence-electron chi connectivity index (χ2n) is 4.36. The van der Waals surface area contributed by atoms with E-state index in [0.717, 1.165) is 5.56 Å². The van der Waals surface area contributed by atoms with Gasteiger partial charge in [0.15, 0.2) is 0 Å². The van der Waals surface area contributed by atoms with Crippen LogP contribution in [0.25, 0.3) is 22.2 Å². The number of aromatic nitrogens is 3. The summed E-state index contributed by atoms with van der Waals surface area (Å²) in [6.45, 7) is 0. The number of hydrogen-bond acceptors (Lipinski definition) is 3. The van der Waals surface area contributed by atoms with E-state index in [9.17, 15) is 4.79 Å². The third-order valence-corrected chi connectivity index (χ3v) is 3.44. The van der Waals surface area contributed by atoms with Crippen molar-refractivity contribution in [2.45, 2.75) is 0 Å². The highest BCUT2D eigenvalue weighted by Crippen LogP contribution is 2.27. The third kappa shape index (κ3) is 2.17. The van der Waals surface area contributed by atoms with Crippen LogP contribution in [0.2, 0.25) is 10.2 Å². The van der Waals surface area contributed by atoms with E-state index >= 15 is 0 Å². The van der Waals surface area contributed by atoms with Crippen LogP contribution in [-0.4, -0.2) is 14.5 Å². The summed E-state index contributed by atoms with van der Waals surface area (Å²) in [5.74, 6) is 0. The summed E-state index contributed by atoms with van der Waals surface area (Å²) in [7, 11) is 1.64.